The van der Waals surface area contributed by atoms with Crippen LogP contribution in [0.1, 0.15) is 30.0 Å². The van der Waals surface area contributed by atoms with Gasteiger partial charge in [0.2, 0.25) is 15.9 Å². The molecule has 6 nitrogen and oxygen atoms in total. The molecule has 136 valence electrons. The molecule has 1 aromatic heterocycles. The maximum atomic E-state index is 12.8. The van der Waals surface area contributed by atoms with Crippen LogP contribution in [0.15, 0.2) is 11.0 Å². The maximum Gasteiger partial charge on any atom is 0.244 e. The zero-order chi connectivity index (χ0) is 18.1. The topological polar surface area (TPSA) is 83.7 Å². The van der Waals surface area contributed by atoms with E-state index in [1.807, 2.05) is 27.7 Å². The largest absolute Gasteiger partial charge is 0.339 e. The van der Waals surface area contributed by atoms with E-state index < -0.39 is 16.1 Å². The Morgan fingerprint density at radius 3 is 2.33 bits per heavy atom. The number of nitrogens with two attached hydrogens (primary N) is 1. The first kappa shape index (κ1) is 19.4. The highest BCUT2D eigenvalue weighted by atomic mass is 32.2. The van der Waals surface area contributed by atoms with Gasteiger partial charge in [0.25, 0.3) is 0 Å². The highest BCUT2D eigenvalue weighted by molar-refractivity contribution is 7.89. The quantitative estimate of drug-likeness (QED) is 0.849. The average molecular weight is 374 g/mol. The molecule has 24 heavy (non-hydrogen) atoms. The monoisotopic (exact) mass is 373 g/mol. The number of amides is 1. The molecule has 1 aromatic rings. The minimum Gasteiger partial charge on any atom is -0.339 e. The molecule has 8 heteroatoms. The molecule has 0 radical (unpaired) electrons. The Labute approximate surface area is 148 Å². The first-order chi connectivity index (χ1) is 11.2. The predicted molar refractivity (Wildman–Crippen MR) is 96.6 cm³/mol. The number of carbonyl (C=O) groups excluding carboxylic acids is 1. The van der Waals surface area contributed by atoms with Gasteiger partial charge in [0.15, 0.2) is 0 Å². The number of rotatable bonds is 5. The fourth-order valence-corrected chi connectivity index (χ4v) is 5.81. The van der Waals surface area contributed by atoms with Crippen molar-refractivity contribution >= 4 is 27.3 Å². The minimum atomic E-state index is -3.49. The van der Waals surface area contributed by atoms with E-state index in [9.17, 15) is 13.2 Å². The van der Waals surface area contributed by atoms with E-state index in [2.05, 4.69) is 0 Å². The molecule has 1 fully saturated rings. The van der Waals surface area contributed by atoms with Crippen molar-refractivity contribution in [3.8, 4) is 0 Å². The molecule has 1 amide bonds. The highest BCUT2D eigenvalue weighted by Gasteiger charge is 2.33. The van der Waals surface area contributed by atoms with E-state index in [1.165, 1.54) is 15.6 Å². The predicted octanol–water partition coefficient (Wildman–Crippen LogP) is 1.57. The third kappa shape index (κ3) is 3.82. The van der Waals surface area contributed by atoms with E-state index in [0.29, 0.717) is 31.1 Å². The van der Waals surface area contributed by atoms with Crippen LogP contribution >= 0.6 is 11.3 Å². The van der Waals surface area contributed by atoms with Crippen LogP contribution in [0.3, 0.4) is 0 Å². The van der Waals surface area contributed by atoms with Gasteiger partial charge in [0, 0.05) is 35.9 Å². The lowest BCUT2D eigenvalue weighted by molar-refractivity contribution is -0.134. The number of hydrogen-bond acceptors (Lipinski definition) is 5. The summed E-state index contributed by atoms with van der Waals surface area (Å²) in [6.07, 6.45) is 0.845. The first-order valence-electron chi connectivity index (χ1n) is 8.30. The Kier molecular flexibility index (Phi) is 6.06. The van der Waals surface area contributed by atoms with E-state index in [4.69, 9.17) is 5.73 Å². The summed E-state index contributed by atoms with van der Waals surface area (Å²) in [7, 11) is -3.49. The molecule has 1 aliphatic rings. The van der Waals surface area contributed by atoms with Crippen LogP contribution in [0.2, 0.25) is 0 Å². The van der Waals surface area contributed by atoms with Crippen molar-refractivity contribution in [3.05, 3.63) is 15.8 Å². The van der Waals surface area contributed by atoms with Crippen LogP contribution < -0.4 is 5.73 Å². The van der Waals surface area contributed by atoms with Gasteiger partial charge in [-0.05, 0) is 25.8 Å². The van der Waals surface area contributed by atoms with Gasteiger partial charge in [-0.25, -0.2) is 8.42 Å². The van der Waals surface area contributed by atoms with Crippen molar-refractivity contribution < 1.29 is 13.2 Å². The Hall–Kier alpha value is -0.960. The average Bonchev–Trinajstić information content (AvgIpc) is 2.92. The third-order valence-electron chi connectivity index (χ3n) is 4.71. The second-order valence-electron chi connectivity index (χ2n) is 6.42. The zero-order valence-electron chi connectivity index (χ0n) is 14.8. The summed E-state index contributed by atoms with van der Waals surface area (Å²) in [6.45, 7) is 9.12. The fraction of sp³-hybridized carbons (Fsp3) is 0.688. The fourth-order valence-electron chi connectivity index (χ4n) is 2.86. The molecule has 0 aromatic carbocycles. The van der Waals surface area contributed by atoms with Crippen LogP contribution in [0.25, 0.3) is 0 Å². The van der Waals surface area contributed by atoms with Crippen molar-refractivity contribution in [2.45, 2.75) is 45.1 Å². The second kappa shape index (κ2) is 7.51. The van der Waals surface area contributed by atoms with Crippen LogP contribution in [-0.2, 0) is 14.8 Å². The summed E-state index contributed by atoms with van der Waals surface area (Å²) < 4.78 is 27.1. The maximum absolute atomic E-state index is 12.8. The molecule has 2 rings (SSSR count). The van der Waals surface area contributed by atoms with Gasteiger partial charge < -0.3 is 10.6 Å². The number of hydrogen-bond donors (Lipinski definition) is 1. The first-order valence-corrected chi connectivity index (χ1v) is 10.6. The SMILES string of the molecule is CCC(C)C(N)C(=O)N1CCN(S(=O)(=O)c2cc(C)sc2C)CC1. The van der Waals surface area contributed by atoms with E-state index >= 15 is 0 Å². The van der Waals surface area contributed by atoms with Crippen LogP contribution in [0.5, 0.6) is 0 Å². The van der Waals surface area contributed by atoms with Gasteiger partial charge in [-0.1, -0.05) is 20.3 Å². The number of thiophene rings is 1. The second-order valence-corrected chi connectivity index (χ2v) is 9.78. The van der Waals surface area contributed by atoms with Crippen LogP contribution in [-0.4, -0.2) is 55.8 Å². The van der Waals surface area contributed by atoms with E-state index in [1.54, 1.807) is 11.0 Å². The smallest absolute Gasteiger partial charge is 0.244 e. The summed E-state index contributed by atoms with van der Waals surface area (Å²) in [6, 6.07) is 1.21. The lowest BCUT2D eigenvalue weighted by atomic mass is 9.99. The number of sulfonamides is 1. The number of nitrogens with zero attached hydrogens (tertiary/aromatic N) is 2. The Bertz CT molecular complexity index is 691. The van der Waals surface area contributed by atoms with Gasteiger partial charge in [0.1, 0.15) is 0 Å². The molecular formula is C16H27N3O3S2. The normalized spacial score (nSPS) is 19.3. The number of piperazine rings is 1. The summed E-state index contributed by atoms with van der Waals surface area (Å²) in [5, 5.41) is 0. The van der Waals surface area contributed by atoms with Gasteiger partial charge in [-0.2, -0.15) is 4.31 Å². The summed E-state index contributed by atoms with van der Waals surface area (Å²) in [4.78, 5) is 16.3. The van der Waals surface area contributed by atoms with Gasteiger partial charge in [-0.3, -0.25) is 4.79 Å². The van der Waals surface area contributed by atoms with E-state index in [0.717, 1.165) is 16.2 Å². The van der Waals surface area contributed by atoms with Crippen molar-refractivity contribution in [1.29, 1.82) is 0 Å². The molecule has 2 N–H and O–H groups in total. The summed E-state index contributed by atoms with van der Waals surface area (Å²) in [5.74, 6) is 0.0413. The molecule has 0 spiro atoms. The van der Waals surface area contributed by atoms with E-state index in [-0.39, 0.29) is 11.8 Å². The number of aryl methyl sites for hydroxylation is 2. The third-order valence-corrected chi connectivity index (χ3v) is 7.83. The number of carbonyl (C=O) groups is 1. The molecule has 0 bridgehead atoms. The lowest BCUT2D eigenvalue weighted by Gasteiger charge is -2.36. The van der Waals surface area contributed by atoms with Crippen LogP contribution in [0, 0.1) is 19.8 Å². The van der Waals surface area contributed by atoms with Crippen LogP contribution in [0.4, 0.5) is 0 Å². The molecule has 2 heterocycles. The Balaban J connectivity index is 2.05. The lowest BCUT2D eigenvalue weighted by Crippen LogP contribution is -2.55. The van der Waals surface area contributed by atoms with Crippen molar-refractivity contribution in [1.82, 2.24) is 9.21 Å². The van der Waals surface area contributed by atoms with Gasteiger partial charge in [0.05, 0.1) is 10.9 Å². The molecule has 0 aliphatic carbocycles. The molecule has 2 atom stereocenters. The summed E-state index contributed by atoms with van der Waals surface area (Å²) in [5.41, 5.74) is 6.01. The van der Waals surface area contributed by atoms with Gasteiger partial charge in [-0.15, -0.1) is 11.3 Å². The molecule has 0 saturated carbocycles. The van der Waals surface area contributed by atoms with Crippen molar-refractivity contribution in [2.75, 3.05) is 26.2 Å². The highest BCUT2D eigenvalue weighted by Crippen LogP contribution is 2.28. The molecule has 2 unspecified atom stereocenters. The van der Waals surface area contributed by atoms with Crippen molar-refractivity contribution in [3.63, 3.8) is 0 Å². The van der Waals surface area contributed by atoms with Gasteiger partial charge >= 0.3 is 0 Å². The standard InChI is InChI=1S/C16H27N3O3S2/c1-5-11(2)15(17)16(20)18-6-8-19(9-7-18)24(21,22)14-10-12(3)23-13(14)4/h10-11,15H,5-9,17H2,1-4H3. The Morgan fingerprint density at radius 1 is 1.29 bits per heavy atom. The molecule has 1 saturated heterocycles. The van der Waals surface area contributed by atoms with Crippen molar-refractivity contribution in [2.24, 2.45) is 11.7 Å². The molecule has 1 aliphatic heterocycles. The summed E-state index contributed by atoms with van der Waals surface area (Å²) >= 11 is 1.49. The molecular weight excluding hydrogens is 346 g/mol. The zero-order valence-corrected chi connectivity index (χ0v) is 16.4. The Morgan fingerprint density at radius 2 is 1.88 bits per heavy atom. The minimum absolute atomic E-state index is 0.0797.